The van der Waals surface area contributed by atoms with Crippen LogP contribution in [0, 0.1) is 6.92 Å². The van der Waals surface area contributed by atoms with Gasteiger partial charge >= 0.3 is 0 Å². The first kappa shape index (κ1) is 13.5. The summed E-state index contributed by atoms with van der Waals surface area (Å²) in [7, 11) is 0. The van der Waals surface area contributed by atoms with E-state index in [1.165, 1.54) is 19.1 Å². The lowest BCUT2D eigenvalue weighted by Crippen LogP contribution is -2.35. The first-order valence-corrected chi connectivity index (χ1v) is 7.59. The molecule has 0 aromatic carbocycles. The minimum atomic E-state index is 0.0670. The number of carbonyl (C=O) groups excluding carboxylic acids is 1. The van der Waals surface area contributed by atoms with Crippen LogP contribution in [-0.2, 0) is 0 Å². The molecule has 1 aliphatic rings. The molecular weight excluding hydrogens is 248 g/mol. The molecule has 1 saturated heterocycles. The number of hydrogen-bond acceptors (Lipinski definition) is 4. The number of amides is 1. The average Bonchev–Trinajstić information content (AvgIpc) is 2.64. The molecule has 1 fully saturated rings. The van der Waals surface area contributed by atoms with Gasteiger partial charge in [-0.15, -0.1) is 0 Å². The van der Waals surface area contributed by atoms with Crippen molar-refractivity contribution in [3.63, 3.8) is 0 Å². The molecule has 18 heavy (non-hydrogen) atoms. The zero-order valence-electron chi connectivity index (χ0n) is 11.0. The lowest BCUT2D eigenvalue weighted by atomic mass is 10.2. The molecule has 1 aliphatic heterocycles. The van der Waals surface area contributed by atoms with Gasteiger partial charge < -0.3 is 9.42 Å². The molecule has 0 aliphatic carbocycles. The molecule has 4 nitrogen and oxygen atoms in total. The summed E-state index contributed by atoms with van der Waals surface area (Å²) in [5.74, 6) is 1.18. The third-order valence-electron chi connectivity index (χ3n) is 3.30. The quantitative estimate of drug-likeness (QED) is 0.845. The maximum Gasteiger partial charge on any atom is 0.259 e. The average molecular weight is 268 g/mol. The summed E-state index contributed by atoms with van der Waals surface area (Å²) in [5.41, 5.74) is 1.29. The van der Waals surface area contributed by atoms with Gasteiger partial charge in [-0.05, 0) is 25.5 Å². The molecular formula is C13H20N2O2S. The zero-order valence-corrected chi connectivity index (χ0v) is 11.8. The van der Waals surface area contributed by atoms with Crippen molar-refractivity contribution in [3.8, 4) is 0 Å². The van der Waals surface area contributed by atoms with E-state index in [9.17, 15) is 4.79 Å². The van der Waals surface area contributed by atoms with Crippen molar-refractivity contribution in [3.05, 3.63) is 17.5 Å². The first-order chi connectivity index (χ1) is 8.72. The van der Waals surface area contributed by atoms with Crippen LogP contribution in [0.1, 0.15) is 42.2 Å². The molecule has 1 amide bonds. The number of hydrogen-bond donors (Lipinski definition) is 0. The van der Waals surface area contributed by atoms with Gasteiger partial charge in [0.2, 0.25) is 0 Å². The minimum Gasteiger partial charge on any atom is -0.364 e. The van der Waals surface area contributed by atoms with E-state index < -0.39 is 0 Å². The summed E-state index contributed by atoms with van der Waals surface area (Å²) in [6.45, 7) is 5.69. The van der Waals surface area contributed by atoms with E-state index >= 15 is 0 Å². The highest BCUT2D eigenvalue weighted by atomic mass is 32.2. The second kappa shape index (κ2) is 6.27. The Bertz CT molecular complexity index is 405. The van der Waals surface area contributed by atoms with Crippen LogP contribution in [0.4, 0.5) is 0 Å². The minimum absolute atomic E-state index is 0.0670. The van der Waals surface area contributed by atoms with E-state index in [4.69, 9.17) is 4.52 Å². The maximum absolute atomic E-state index is 12.4. The van der Waals surface area contributed by atoms with E-state index in [2.05, 4.69) is 12.1 Å². The number of carbonyl (C=O) groups is 1. The number of likely N-dealkylation sites (tertiary alicyclic amines) is 1. The van der Waals surface area contributed by atoms with Crippen LogP contribution in [0.5, 0.6) is 0 Å². The van der Waals surface area contributed by atoms with Crippen LogP contribution in [0.2, 0.25) is 0 Å². The molecule has 1 aromatic rings. The highest BCUT2D eigenvalue weighted by Crippen LogP contribution is 2.23. The highest BCUT2D eigenvalue weighted by Gasteiger charge is 2.25. The number of aromatic nitrogens is 1. The number of nitrogens with zero attached hydrogens (tertiary/aromatic N) is 2. The van der Waals surface area contributed by atoms with E-state index in [0.717, 1.165) is 25.3 Å². The second-order valence-electron chi connectivity index (χ2n) is 4.64. The SMILES string of the molecule is CCSC1CCCCN(C(=O)c2conc2C)C1. The van der Waals surface area contributed by atoms with Gasteiger partial charge in [-0.25, -0.2) is 0 Å². The normalized spacial score (nSPS) is 20.8. The predicted molar refractivity (Wildman–Crippen MR) is 72.9 cm³/mol. The smallest absolute Gasteiger partial charge is 0.259 e. The number of aryl methyl sites for hydroxylation is 1. The summed E-state index contributed by atoms with van der Waals surface area (Å²) >= 11 is 1.96. The number of rotatable bonds is 3. The van der Waals surface area contributed by atoms with Crippen molar-refractivity contribution >= 4 is 17.7 Å². The van der Waals surface area contributed by atoms with Gasteiger partial charge in [-0.1, -0.05) is 18.5 Å². The Balaban J connectivity index is 2.06. The van der Waals surface area contributed by atoms with Crippen molar-refractivity contribution in [1.82, 2.24) is 10.1 Å². The van der Waals surface area contributed by atoms with Crippen LogP contribution in [0.3, 0.4) is 0 Å². The fraction of sp³-hybridized carbons (Fsp3) is 0.692. The van der Waals surface area contributed by atoms with Crippen LogP contribution >= 0.6 is 11.8 Å². The summed E-state index contributed by atoms with van der Waals surface area (Å²) in [4.78, 5) is 14.4. The van der Waals surface area contributed by atoms with E-state index in [1.54, 1.807) is 0 Å². The molecule has 1 aromatic heterocycles. The molecule has 100 valence electrons. The van der Waals surface area contributed by atoms with Crippen molar-refractivity contribution in [2.45, 2.75) is 38.4 Å². The van der Waals surface area contributed by atoms with Gasteiger partial charge in [0.05, 0.1) is 5.69 Å². The molecule has 0 bridgehead atoms. The fourth-order valence-electron chi connectivity index (χ4n) is 2.33. The monoisotopic (exact) mass is 268 g/mol. The van der Waals surface area contributed by atoms with Crippen LogP contribution in [0.15, 0.2) is 10.8 Å². The Hall–Kier alpha value is -0.970. The molecule has 2 rings (SSSR count). The lowest BCUT2D eigenvalue weighted by molar-refractivity contribution is 0.0762. The summed E-state index contributed by atoms with van der Waals surface area (Å²) in [6.07, 6.45) is 4.98. The first-order valence-electron chi connectivity index (χ1n) is 6.54. The van der Waals surface area contributed by atoms with Gasteiger partial charge in [0.15, 0.2) is 0 Å². The van der Waals surface area contributed by atoms with E-state index in [0.29, 0.717) is 16.5 Å². The molecule has 0 spiro atoms. The van der Waals surface area contributed by atoms with Crippen LogP contribution in [0.25, 0.3) is 0 Å². The van der Waals surface area contributed by atoms with Crippen LogP contribution in [-0.4, -0.2) is 40.1 Å². The van der Waals surface area contributed by atoms with Gasteiger partial charge in [0.1, 0.15) is 11.8 Å². The second-order valence-corrected chi connectivity index (χ2v) is 6.22. The number of thioether (sulfide) groups is 1. The standard InChI is InChI=1S/C13H20N2O2S/c1-3-18-11-6-4-5-7-15(8-11)13(16)12-9-17-14-10(12)2/h9,11H,3-8H2,1-2H3. The zero-order chi connectivity index (χ0) is 13.0. The maximum atomic E-state index is 12.4. The molecule has 1 atom stereocenters. The predicted octanol–water partition coefficient (Wildman–Crippen LogP) is 2.73. The van der Waals surface area contributed by atoms with Gasteiger partial charge in [-0.2, -0.15) is 11.8 Å². The topological polar surface area (TPSA) is 46.3 Å². The Morgan fingerprint density at radius 1 is 1.61 bits per heavy atom. The summed E-state index contributed by atoms with van der Waals surface area (Å²) in [5, 5.41) is 4.35. The lowest BCUT2D eigenvalue weighted by Gasteiger charge is -2.23. The summed E-state index contributed by atoms with van der Waals surface area (Å²) in [6, 6.07) is 0. The molecule has 2 heterocycles. The molecule has 0 radical (unpaired) electrons. The molecule has 0 saturated carbocycles. The van der Waals surface area contributed by atoms with Crippen LogP contribution < -0.4 is 0 Å². The molecule has 1 unspecified atom stereocenters. The fourth-order valence-corrected chi connectivity index (χ4v) is 3.42. The van der Waals surface area contributed by atoms with Crippen molar-refractivity contribution in [2.75, 3.05) is 18.8 Å². The van der Waals surface area contributed by atoms with E-state index in [1.807, 2.05) is 23.6 Å². The Kier molecular flexibility index (Phi) is 4.69. The van der Waals surface area contributed by atoms with Gasteiger partial charge in [-0.3, -0.25) is 4.79 Å². The third-order valence-corrected chi connectivity index (χ3v) is 4.49. The van der Waals surface area contributed by atoms with Crippen molar-refractivity contribution < 1.29 is 9.32 Å². The Labute approximate surface area is 112 Å². The molecule has 0 N–H and O–H groups in total. The van der Waals surface area contributed by atoms with Crippen molar-refractivity contribution in [1.29, 1.82) is 0 Å². The highest BCUT2D eigenvalue weighted by molar-refractivity contribution is 7.99. The Morgan fingerprint density at radius 2 is 2.44 bits per heavy atom. The van der Waals surface area contributed by atoms with Gasteiger partial charge in [0, 0.05) is 18.3 Å². The Morgan fingerprint density at radius 3 is 3.11 bits per heavy atom. The summed E-state index contributed by atoms with van der Waals surface area (Å²) < 4.78 is 4.86. The largest absolute Gasteiger partial charge is 0.364 e. The molecule has 5 heteroatoms. The van der Waals surface area contributed by atoms with Crippen molar-refractivity contribution in [2.24, 2.45) is 0 Å². The van der Waals surface area contributed by atoms with E-state index in [-0.39, 0.29) is 5.91 Å². The van der Waals surface area contributed by atoms with Gasteiger partial charge in [0.25, 0.3) is 5.91 Å². The third kappa shape index (κ3) is 3.07.